The van der Waals surface area contributed by atoms with Crippen molar-refractivity contribution in [2.75, 3.05) is 27.2 Å². The maximum absolute atomic E-state index is 5.24. The third kappa shape index (κ3) is 6.02. The third-order valence-corrected chi connectivity index (χ3v) is 3.61. The second-order valence-corrected chi connectivity index (χ2v) is 5.26. The first-order chi connectivity index (χ1) is 11.3. The van der Waals surface area contributed by atoms with E-state index in [0.29, 0.717) is 0 Å². The van der Waals surface area contributed by atoms with Gasteiger partial charge >= 0.3 is 0 Å². The fourth-order valence-corrected chi connectivity index (χ4v) is 2.34. The first kappa shape index (κ1) is 16.9. The molecule has 0 aliphatic rings. The van der Waals surface area contributed by atoms with Gasteiger partial charge in [0, 0.05) is 20.1 Å². The summed E-state index contributed by atoms with van der Waals surface area (Å²) in [6, 6.07) is 18.6. The second kappa shape index (κ2) is 9.51. The van der Waals surface area contributed by atoms with E-state index in [1.165, 1.54) is 11.1 Å². The summed E-state index contributed by atoms with van der Waals surface area (Å²) >= 11 is 0. The SMILES string of the molecule is CN=C(NCCc1ccccc1)NCCc1cccc(OC)c1. The lowest BCUT2D eigenvalue weighted by Gasteiger charge is -2.12. The van der Waals surface area contributed by atoms with Crippen LogP contribution in [-0.2, 0) is 12.8 Å². The zero-order chi connectivity index (χ0) is 16.3. The van der Waals surface area contributed by atoms with Crippen molar-refractivity contribution in [1.29, 1.82) is 0 Å². The van der Waals surface area contributed by atoms with Crippen LogP contribution in [0.5, 0.6) is 5.75 Å². The van der Waals surface area contributed by atoms with E-state index in [0.717, 1.165) is 37.6 Å². The summed E-state index contributed by atoms with van der Waals surface area (Å²) < 4.78 is 5.24. The molecule has 0 fully saturated rings. The normalized spacial score (nSPS) is 11.1. The van der Waals surface area contributed by atoms with Gasteiger partial charge in [0.25, 0.3) is 0 Å². The van der Waals surface area contributed by atoms with Gasteiger partial charge in [0.1, 0.15) is 5.75 Å². The molecule has 0 spiro atoms. The fraction of sp³-hybridized carbons (Fsp3) is 0.316. The molecule has 4 heteroatoms. The van der Waals surface area contributed by atoms with Crippen LogP contribution in [0.15, 0.2) is 59.6 Å². The predicted molar refractivity (Wildman–Crippen MR) is 96.2 cm³/mol. The Balaban J connectivity index is 1.70. The molecule has 0 bridgehead atoms. The predicted octanol–water partition coefficient (Wildman–Crippen LogP) is 2.65. The molecule has 0 aromatic heterocycles. The van der Waals surface area contributed by atoms with Crippen molar-refractivity contribution in [2.24, 2.45) is 4.99 Å². The Morgan fingerprint density at radius 3 is 2.22 bits per heavy atom. The summed E-state index contributed by atoms with van der Waals surface area (Å²) in [6.07, 6.45) is 1.91. The molecule has 0 amide bonds. The van der Waals surface area contributed by atoms with Gasteiger partial charge in [-0.25, -0.2) is 0 Å². The number of benzene rings is 2. The molecule has 0 saturated heterocycles. The highest BCUT2D eigenvalue weighted by Crippen LogP contribution is 2.12. The Morgan fingerprint density at radius 1 is 0.913 bits per heavy atom. The number of guanidine groups is 1. The zero-order valence-electron chi connectivity index (χ0n) is 13.9. The molecule has 23 heavy (non-hydrogen) atoms. The van der Waals surface area contributed by atoms with Crippen LogP contribution in [-0.4, -0.2) is 33.2 Å². The van der Waals surface area contributed by atoms with Crippen molar-refractivity contribution in [3.05, 3.63) is 65.7 Å². The number of methoxy groups -OCH3 is 1. The molecule has 0 heterocycles. The van der Waals surface area contributed by atoms with E-state index in [-0.39, 0.29) is 0 Å². The second-order valence-electron chi connectivity index (χ2n) is 5.26. The maximum Gasteiger partial charge on any atom is 0.190 e. The van der Waals surface area contributed by atoms with Crippen molar-refractivity contribution < 1.29 is 4.74 Å². The number of hydrogen-bond acceptors (Lipinski definition) is 2. The van der Waals surface area contributed by atoms with Crippen LogP contribution in [0, 0.1) is 0 Å². The molecule has 0 radical (unpaired) electrons. The Morgan fingerprint density at radius 2 is 1.57 bits per heavy atom. The van der Waals surface area contributed by atoms with E-state index in [1.807, 2.05) is 18.2 Å². The fourth-order valence-electron chi connectivity index (χ4n) is 2.34. The summed E-state index contributed by atoms with van der Waals surface area (Å²) in [5.41, 5.74) is 2.57. The van der Waals surface area contributed by atoms with Gasteiger partial charge in [0.15, 0.2) is 5.96 Å². The standard InChI is InChI=1S/C19H25N3O/c1-20-19(21-13-11-16-7-4-3-5-8-16)22-14-12-17-9-6-10-18(15-17)23-2/h3-10,15H,11-14H2,1-2H3,(H2,20,21,22). The summed E-state index contributed by atoms with van der Waals surface area (Å²) in [5, 5.41) is 6.68. The van der Waals surface area contributed by atoms with Crippen molar-refractivity contribution in [3.63, 3.8) is 0 Å². The molecule has 0 aliphatic heterocycles. The van der Waals surface area contributed by atoms with Crippen LogP contribution in [0.2, 0.25) is 0 Å². The highest BCUT2D eigenvalue weighted by molar-refractivity contribution is 5.79. The van der Waals surface area contributed by atoms with Crippen LogP contribution in [0.1, 0.15) is 11.1 Å². The smallest absolute Gasteiger partial charge is 0.190 e. The van der Waals surface area contributed by atoms with Gasteiger partial charge in [-0.2, -0.15) is 0 Å². The van der Waals surface area contributed by atoms with Crippen LogP contribution < -0.4 is 15.4 Å². The number of nitrogens with zero attached hydrogens (tertiary/aromatic N) is 1. The van der Waals surface area contributed by atoms with Crippen LogP contribution in [0.3, 0.4) is 0 Å². The zero-order valence-corrected chi connectivity index (χ0v) is 13.9. The van der Waals surface area contributed by atoms with Gasteiger partial charge in [-0.05, 0) is 36.1 Å². The first-order valence-electron chi connectivity index (χ1n) is 7.93. The lowest BCUT2D eigenvalue weighted by atomic mass is 10.1. The maximum atomic E-state index is 5.24. The first-order valence-corrected chi connectivity index (χ1v) is 7.93. The summed E-state index contributed by atoms with van der Waals surface area (Å²) in [6.45, 7) is 1.70. The molecule has 0 aliphatic carbocycles. The number of hydrogen-bond donors (Lipinski definition) is 2. The molecule has 2 N–H and O–H groups in total. The quantitative estimate of drug-likeness (QED) is 0.610. The summed E-state index contributed by atoms with van der Waals surface area (Å²) in [4.78, 5) is 4.25. The minimum absolute atomic E-state index is 0.832. The highest BCUT2D eigenvalue weighted by atomic mass is 16.5. The van der Waals surface area contributed by atoms with Crippen LogP contribution >= 0.6 is 0 Å². The van der Waals surface area contributed by atoms with Gasteiger partial charge in [-0.1, -0.05) is 42.5 Å². The van der Waals surface area contributed by atoms with Gasteiger partial charge in [0.05, 0.1) is 7.11 Å². The van der Waals surface area contributed by atoms with Crippen molar-refractivity contribution in [1.82, 2.24) is 10.6 Å². The van der Waals surface area contributed by atoms with Crippen molar-refractivity contribution >= 4 is 5.96 Å². The molecule has 4 nitrogen and oxygen atoms in total. The van der Waals surface area contributed by atoms with Crippen molar-refractivity contribution in [2.45, 2.75) is 12.8 Å². The average Bonchev–Trinajstić information content (AvgIpc) is 2.61. The van der Waals surface area contributed by atoms with E-state index >= 15 is 0 Å². The number of ether oxygens (including phenoxy) is 1. The largest absolute Gasteiger partial charge is 0.497 e. The molecule has 0 saturated carbocycles. The molecular weight excluding hydrogens is 286 g/mol. The van der Waals surface area contributed by atoms with Crippen LogP contribution in [0.4, 0.5) is 0 Å². The minimum Gasteiger partial charge on any atom is -0.497 e. The Kier molecular flexibility index (Phi) is 6.98. The summed E-state index contributed by atoms with van der Waals surface area (Å²) in [5.74, 6) is 1.73. The molecule has 122 valence electrons. The molecule has 0 unspecified atom stereocenters. The monoisotopic (exact) mass is 311 g/mol. The molecule has 2 aromatic carbocycles. The van der Waals surface area contributed by atoms with Gasteiger partial charge < -0.3 is 15.4 Å². The Hall–Kier alpha value is -2.49. The lowest BCUT2D eigenvalue weighted by molar-refractivity contribution is 0.414. The molecule has 0 atom stereocenters. The third-order valence-electron chi connectivity index (χ3n) is 3.61. The number of rotatable bonds is 7. The average molecular weight is 311 g/mol. The Labute approximate surface area is 138 Å². The van der Waals surface area contributed by atoms with Crippen molar-refractivity contribution in [3.8, 4) is 5.75 Å². The Bertz CT molecular complexity index is 611. The van der Waals surface area contributed by atoms with Crippen LogP contribution in [0.25, 0.3) is 0 Å². The molecular formula is C19H25N3O. The lowest BCUT2D eigenvalue weighted by Crippen LogP contribution is -2.39. The van der Waals surface area contributed by atoms with E-state index < -0.39 is 0 Å². The summed E-state index contributed by atoms with van der Waals surface area (Å²) in [7, 11) is 3.49. The highest BCUT2D eigenvalue weighted by Gasteiger charge is 1.99. The van der Waals surface area contributed by atoms with E-state index in [2.05, 4.69) is 52.0 Å². The van der Waals surface area contributed by atoms with Gasteiger partial charge in [-0.3, -0.25) is 4.99 Å². The van der Waals surface area contributed by atoms with Gasteiger partial charge in [0.2, 0.25) is 0 Å². The topological polar surface area (TPSA) is 45.7 Å². The molecule has 2 aromatic rings. The van der Waals surface area contributed by atoms with E-state index in [4.69, 9.17) is 4.74 Å². The number of aliphatic imine (C=N–C) groups is 1. The van der Waals surface area contributed by atoms with Gasteiger partial charge in [-0.15, -0.1) is 0 Å². The number of nitrogens with one attached hydrogen (secondary N) is 2. The van der Waals surface area contributed by atoms with E-state index in [9.17, 15) is 0 Å². The minimum atomic E-state index is 0.832. The molecule has 2 rings (SSSR count). The van der Waals surface area contributed by atoms with E-state index in [1.54, 1.807) is 14.2 Å².